The van der Waals surface area contributed by atoms with E-state index in [0.717, 1.165) is 27.3 Å². The minimum Gasteiger partial charge on any atom is -0.496 e. The number of esters is 1. The zero-order chi connectivity index (χ0) is 14.0. The molecule has 0 saturated heterocycles. The highest BCUT2D eigenvalue weighted by atomic mass is 32.1. The molecule has 2 rings (SSSR count). The third kappa shape index (κ3) is 2.63. The zero-order valence-corrected chi connectivity index (χ0v) is 12.3. The van der Waals surface area contributed by atoms with Gasteiger partial charge in [-0.3, -0.25) is 0 Å². The number of thiophene rings is 1. The summed E-state index contributed by atoms with van der Waals surface area (Å²) in [5.41, 5.74) is 3.33. The van der Waals surface area contributed by atoms with Crippen LogP contribution in [0.1, 0.15) is 20.8 Å². The van der Waals surface area contributed by atoms with E-state index in [2.05, 4.69) is 6.07 Å². The third-order valence-electron chi connectivity index (χ3n) is 3.00. The van der Waals surface area contributed by atoms with Crippen molar-refractivity contribution in [1.29, 1.82) is 0 Å². The van der Waals surface area contributed by atoms with Gasteiger partial charge in [0.1, 0.15) is 10.6 Å². The number of rotatable bonds is 3. The minimum atomic E-state index is -0.292. The molecule has 0 spiro atoms. The molecule has 1 aromatic heterocycles. The maximum absolute atomic E-state index is 11.5. The van der Waals surface area contributed by atoms with Gasteiger partial charge in [0.2, 0.25) is 0 Å². The topological polar surface area (TPSA) is 35.5 Å². The molecule has 1 heterocycles. The molecular formula is C15H16O3S. The lowest BCUT2D eigenvalue weighted by atomic mass is 10.0. The summed E-state index contributed by atoms with van der Waals surface area (Å²) in [6, 6.07) is 7.85. The molecule has 0 aliphatic carbocycles. The number of methoxy groups -OCH3 is 2. The van der Waals surface area contributed by atoms with Gasteiger partial charge in [-0.15, -0.1) is 11.3 Å². The molecule has 0 atom stereocenters. The standard InChI is InChI=1S/C15H16O3S/c1-9-8-12(17-3)10(2)7-11(9)13-5-6-14(19-13)15(16)18-4/h5-8H,1-4H3. The van der Waals surface area contributed by atoms with E-state index >= 15 is 0 Å². The van der Waals surface area contributed by atoms with Crippen molar-refractivity contribution >= 4 is 17.3 Å². The number of ether oxygens (including phenoxy) is 2. The predicted molar refractivity (Wildman–Crippen MR) is 77.1 cm³/mol. The molecule has 2 aromatic rings. The Kier molecular flexibility index (Phi) is 3.90. The molecule has 0 saturated carbocycles. The minimum absolute atomic E-state index is 0.292. The second-order valence-electron chi connectivity index (χ2n) is 4.29. The normalized spacial score (nSPS) is 10.3. The Hall–Kier alpha value is -1.81. The quantitative estimate of drug-likeness (QED) is 0.799. The van der Waals surface area contributed by atoms with Crippen molar-refractivity contribution in [2.24, 2.45) is 0 Å². The van der Waals surface area contributed by atoms with Gasteiger partial charge in [0.25, 0.3) is 0 Å². The van der Waals surface area contributed by atoms with Crippen molar-refractivity contribution in [3.8, 4) is 16.2 Å². The SMILES string of the molecule is COC(=O)c1ccc(-c2cc(C)c(OC)cc2C)s1. The molecule has 0 unspecified atom stereocenters. The number of carbonyl (C=O) groups excluding carboxylic acids is 1. The van der Waals surface area contributed by atoms with Crippen LogP contribution in [0.3, 0.4) is 0 Å². The molecule has 0 N–H and O–H groups in total. The van der Waals surface area contributed by atoms with Crippen LogP contribution in [-0.4, -0.2) is 20.2 Å². The van der Waals surface area contributed by atoms with E-state index in [-0.39, 0.29) is 5.97 Å². The molecule has 0 radical (unpaired) electrons. The van der Waals surface area contributed by atoms with Crippen LogP contribution in [0.2, 0.25) is 0 Å². The van der Waals surface area contributed by atoms with E-state index in [1.54, 1.807) is 13.2 Å². The summed E-state index contributed by atoms with van der Waals surface area (Å²) >= 11 is 1.44. The number of carbonyl (C=O) groups is 1. The van der Waals surface area contributed by atoms with Crippen LogP contribution in [0.4, 0.5) is 0 Å². The number of hydrogen-bond donors (Lipinski definition) is 0. The Morgan fingerprint density at radius 2 is 1.84 bits per heavy atom. The lowest BCUT2D eigenvalue weighted by Gasteiger charge is -2.10. The largest absolute Gasteiger partial charge is 0.496 e. The Balaban J connectivity index is 2.44. The predicted octanol–water partition coefficient (Wildman–Crippen LogP) is 3.83. The Morgan fingerprint density at radius 1 is 1.11 bits per heavy atom. The van der Waals surface area contributed by atoms with Crippen LogP contribution in [0.15, 0.2) is 24.3 Å². The highest BCUT2D eigenvalue weighted by Gasteiger charge is 2.13. The summed E-state index contributed by atoms with van der Waals surface area (Å²) in [6.07, 6.45) is 0. The first-order chi connectivity index (χ1) is 9.06. The van der Waals surface area contributed by atoms with E-state index in [1.165, 1.54) is 18.4 Å². The Labute approximate surface area is 116 Å². The second kappa shape index (κ2) is 5.45. The Bertz CT molecular complexity index is 614. The van der Waals surface area contributed by atoms with Crippen LogP contribution >= 0.6 is 11.3 Å². The fourth-order valence-electron chi connectivity index (χ4n) is 1.97. The third-order valence-corrected chi connectivity index (χ3v) is 4.10. The van der Waals surface area contributed by atoms with Crippen LogP contribution in [0.5, 0.6) is 5.75 Å². The summed E-state index contributed by atoms with van der Waals surface area (Å²) in [5.74, 6) is 0.588. The number of hydrogen-bond acceptors (Lipinski definition) is 4. The first kappa shape index (κ1) is 13.6. The molecule has 0 aliphatic heterocycles. The van der Waals surface area contributed by atoms with Gasteiger partial charge in [-0.2, -0.15) is 0 Å². The smallest absolute Gasteiger partial charge is 0.348 e. The number of aryl methyl sites for hydroxylation is 2. The molecular weight excluding hydrogens is 260 g/mol. The van der Waals surface area contributed by atoms with E-state index in [0.29, 0.717) is 4.88 Å². The van der Waals surface area contributed by atoms with Gasteiger partial charge in [-0.25, -0.2) is 4.79 Å². The van der Waals surface area contributed by atoms with Crippen molar-refractivity contribution < 1.29 is 14.3 Å². The van der Waals surface area contributed by atoms with Gasteiger partial charge >= 0.3 is 5.97 Å². The van der Waals surface area contributed by atoms with Crippen LogP contribution < -0.4 is 4.74 Å². The molecule has 3 nitrogen and oxygen atoms in total. The summed E-state index contributed by atoms with van der Waals surface area (Å²) in [6.45, 7) is 4.05. The van der Waals surface area contributed by atoms with Gasteiger partial charge in [0, 0.05) is 4.88 Å². The van der Waals surface area contributed by atoms with Crippen LogP contribution in [-0.2, 0) is 4.74 Å². The number of benzene rings is 1. The van der Waals surface area contributed by atoms with Gasteiger partial charge < -0.3 is 9.47 Å². The first-order valence-electron chi connectivity index (χ1n) is 5.90. The van der Waals surface area contributed by atoms with Crippen molar-refractivity contribution in [1.82, 2.24) is 0 Å². The molecule has 19 heavy (non-hydrogen) atoms. The molecule has 0 aliphatic rings. The fourth-order valence-corrected chi connectivity index (χ4v) is 2.97. The van der Waals surface area contributed by atoms with Gasteiger partial charge in [-0.05, 0) is 54.8 Å². The average Bonchev–Trinajstić information content (AvgIpc) is 2.89. The van der Waals surface area contributed by atoms with Crippen LogP contribution in [0.25, 0.3) is 10.4 Å². The molecule has 0 amide bonds. The van der Waals surface area contributed by atoms with Crippen molar-refractivity contribution in [2.75, 3.05) is 14.2 Å². The van der Waals surface area contributed by atoms with Crippen molar-refractivity contribution in [2.45, 2.75) is 13.8 Å². The molecule has 1 aromatic carbocycles. The fraction of sp³-hybridized carbons (Fsp3) is 0.267. The highest BCUT2D eigenvalue weighted by molar-refractivity contribution is 7.17. The highest BCUT2D eigenvalue weighted by Crippen LogP contribution is 2.34. The van der Waals surface area contributed by atoms with Gasteiger partial charge in [-0.1, -0.05) is 0 Å². The molecule has 0 fully saturated rings. The summed E-state index contributed by atoms with van der Waals surface area (Å²) in [7, 11) is 3.06. The molecule has 0 bridgehead atoms. The second-order valence-corrected chi connectivity index (χ2v) is 5.38. The lowest BCUT2D eigenvalue weighted by Crippen LogP contribution is -1.96. The Morgan fingerprint density at radius 3 is 2.47 bits per heavy atom. The van der Waals surface area contributed by atoms with E-state index in [4.69, 9.17) is 9.47 Å². The van der Waals surface area contributed by atoms with Crippen molar-refractivity contribution in [3.63, 3.8) is 0 Å². The van der Waals surface area contributed by atoms with Gasteiger partial charge in [0.05, 0.1) is 14.2 Å². The maximum atomic E-state index is 11.5. The molecule has 100 valence electrons. The average molecular weight is 276 g/mol. The zero-order valence-electron chi connectivity index (χ0n) is 11.4. The summed E-state index contributed by atoms with van der Waals surface area (Å²) in [4.78, 5) is 13.2. The summed E-state index contributed by atoms with van der Waals surface area (Å²) < 4.78 is 10.0. The monoisotopic (exact) mass is 276 g/mol. The van der Waals surface area contributed by atoms with E-state index in [1.807, 2.05) is 26.0 Å². The van der Waals surface area contributed by atoms with Crippen molar-refractivity contribution in [3.05, 3.63) is 40.3 Å². The van der Waals surface area contributed by atoms with Crippen LogP contribution in [0, 0.1) is 13.8 Å². The lowest BCUT2D eigenvalue weighted by molar-refractivity contribution is 0.0606. The first-order valence-corrected chi connectivity index (χ1v) is 6.72. The molecule has 4 heteroatoms. The van der Waals surface area contributed by atoms with Gasteiger partial charge in [0.15, 0.2) is 0 Å². The van der Waals surface area contributed by atoms with E-state index in [9.17, 15) is 4.79 Å². The summed E-state index contributed by atoms with van der Waals surface area (Å²) in [5, 5.41) is 0. The maximum Gasteiger partial charge on any atom is 0.348 e. The van der Waals surface area contributed by atoms with E-state index < -0.39 is 0 Å².